The molecule has 2 heterocycles. The molecule has 1 aromatic heterocycles. The number of aromatic nitrogens is 2. The molecule has 1 aromatic carbocycles. The fourth-order valence-corrected chi connectivity index (χ4v) is 2.63. The average molecular weight is 289 g/mol. The van der Waals surface area contributed by atoms with Crippen LogP contribution in [0.4, 0.5) is 4.39 Å². The number of rotatable bonds is 2. The Morgan fingerprint density at radius 1 is 1.43 bits per heavy atom. The summed E-state index contributed by atoms with van der Waals surface area (Å²) in [5.74, 6) is -0.568. The quantitative estimate of drug-likeness (QED) is 0.913. The number of likely N-dealkylation sites (tertiary alicyclic amines) is 1. The number of amides is 1. The van der Waals surface area contributed by atoms with Crippen molar-refractivity contribution in [1.82, 2.24) is 14.7 Å². The average Bonchev–Trinajstić information content (AvgIpc) is 3.05. The number of carbonyl (C=O) groups is 1. The fraction of sp³-hybridized carbons (Fsp3) is 0.333. The molecule has 1 amide bonds. The van der Waals surface area contributed by atoms with Gasteiger partial charge in [-0.3, -0.25) is 4.79 Å². The normalized spacial score (nSPS) is 21.8. The summed E-state index contributed by atoms with van der Waals surface area (Å²) >= 11 is 0. The Balaban J connectivity index is 1.83. The zero-order chi connectivity index (χ0) is 15.0. The number of nitrogens with zero attached hydrogens (tertiary/aromatic N) is 3. The van der Waals surface area contributed by atoms with E-state index in [9.17, 15) is 14.3 Å². The van der Waals surface area contributed by atoms with Gasteiger partial charge in [-0.05, 0) is 37.6 Å². The van der Waals surface area contributed by atoms with E-state index in [2.05, 4.69) is 5.10 Å². The standard InChI is InChI=1S/C15H16FN3O2/c1-10-7-13(20)9-18(10)15(21)14-5-6-19(17-14)12-4-2-3-11(16)8-12/h2-6,8,10,13,20H,7,9H2,1H3. The Morgan fingerprint density at radius 3 is 2.90 bits per heavy atom. The molecule has 6 heteroatoms. The summed E-state index contributed by atoms with van der Waals surface area (Å²) in [5, 5.41) is 13.8. The lowest BCUT2D eigenvalue weighted by Crippen LogP contribution is -2.34. The minimum Gasteiger partial charge on any atom is -0.391 e. The molecule has 0 spiro atoms. The molecular weight excluding hydrogens is 273 g/mol. The molecular formula is C15H16FN3O2. The van der Waals surface area contributed by atoms with E-state index < -0.39 is 6.10 Å². The van der Waals surface area contributed by atoms with E-state index in [-0.39, 0.29) is 17.8 Å². The van der Waals surface area contributed by atoms with Crippen molar-refractivity contribution >= 4 is 5.91 Å². The molecule has 0 radical (unpaired) electrons. The lowest BCUT2D eigenvalue weighted by molar-refractivity contribution is 0.0719. The Bertz CT molecular complexity index is 670. The molecule has 1 fully saturated rings. The third kappa shape index (κ3) is 2.67. The van der Waals surface area contributed by atoms with Crippen molar-refractivity contribution in [3.63, 3.8) is 0 Å². The number of β-amino-alcohol motifs (C(OH)–C–C–N with tert-alkyl or cyclic N) is 1. The highest BCUT2D eigenvalue weighted by Gasteiger charge is 2.32. The van der Waals surface area contributed by atoms with Crippen LogP contribution < -0.4 is 0 Å². The summed E-state index contributed by atoms with van der Waals surface area (Å²) in [4.78, 5) is 14.0. The first kappa shape index (κ1) is 13.8. The van der Waals surface area contributed by atoms with Gasteiger partial charge in [0, 0.05) is 18.8 Å². The third-order valence-electron chi connectivity index (χ3n) is 3.69. The zero-order valence-corrected chi connectivity index (χ0v) is 11.6. The van der Waals surface area contributed by atoms with Crippen LogP contribution in [0.3, 0.4) is 0 Å². The molecule has 2 atom stereocenters. The number of aliphatic hydroxyl groups is 1. The van der Waals surface area contributed by atoms with Gasteiger partial charge in [0.15, 0.2) is 5.69 Å². The Hall–Kier alpha value is -2.21. The van der Waals surface area contributed by atoms with Crippen LogP contribution in [0.25, 0.3) is 5.69 Å². The van der Waals surface area contributed by atoms with Gasteiger partial charge in [0.1, 0.15) is 5.82 Å². The first-order valence-electron chi connectivity index (χ1n) is 6.85. The largest absolute Gasteiger partial charge is 0.391 e. The third-order valence-corrected chi connectivity index (χ3v) is 3.69. The molecule has 2 aromatic rings. The molecule has 110 valence electrons. The molecule has 1 N–H and O–H groups in total. The van der Waals surface area contributed by atoms with Crippen LogP contribution in [0.5, 0.6) is 0 Å². The predicted octanol–water partition coefficient (Wildman–Crippen LogP) is 1.61. The van der Waals surface area contributed by atoms with E-state index in [1.165, 1.54) is 16.8 Å². The summed E-state index contributed by atoms with van der Waals surface area (Å²) in [7, 11) is 0. The monoisotopic (exact) mass is 289 g/mol. The predicted molar refractivity (Wildman–Crippen MR) is 74.6 cm³/mol. The summed E-state index contributed by atoms with van der Waals surface area (Å²) in [5.41, 5.74) is 0.851. The second kappa shape index (κ2) is 5.29. The molecule has 1 aliphatic heterocycles. The maximum atomic E-state index is 13.2. The second-order valence-corrected chi connectivity index (χ2v) is 5.32. The van der Waals surface area contributed by atoms with Crippen molar-refractivity contribution in [2.24, 2.45) is 0 Å². The molecule has 0 aliphatic carbocycles. The molecule has 0 bridgehead atoms. The summed E-state index contributed by atoms with van der Waals surface area (Å²) in [6.07, 6.45) is 1.73. The van der Waals surface area contributed by atoms with Gasteiger partial charge in [0.25, 0.3) is 5.91 Å². The topological polar surface area (TPSA) is 58.4 Å². The Kier molecular flexibility index (Phi) is 3.47. The van der Waals surface area contributed by atoms with Crippen LogP contribution >= 0.6 is 0 Å². The first-order chi connectivity index (χ1) is 10.0. The van der Waals surface area contributed by atoms with Gasteiger partial charge in [-0.2, -0.15) is 5.10 Å². The number of benzene rings is 1. The van der Waals surface area contributed by atoms with Crippen LogP contribution in [-0.2, 0) is 0 Å². The van der Waals surface area contributed by atoms with Crippen LogP contribution in [-0.4, -0.2) is 44.4 Å². The molecule has 1 saturated heterocycles. The maximum Gasteiger partial charge on any atom is 0.274 e. The minimum atomic E-state index is -0.478. The van der Waals surface area contributed by atoms with E-state index in [4.69, 9.17) is 0 Å². The SMILES string of the molecule is CC1CC(O)CN1C(=O)c1ccn(-c2cccc(F)c2)n1. The van der Waals surface area contributed by atoms with E-state index in [1.807, 2.05) is 6.92 Å². The van der Waals surface area contributed by atoms with Gasteiger partial charge < -0.3 is 10.0 Å². The smallest absolute Gasteiger partial charge is 0.274 e. The maximum absolute atomic E-state index is 13.2. The van der Waals surface area contributed by atoms with Crippen molar-refractivity contribution in [2.45, 2.75) is 25.5 Å². The van der Waals surface area contributed by atoms with Gasteiger partial charge in [-0.15, -0.1) is 0 Å². The highest BCUT2D eigenvalue weighted by atomic mass is 19.1. The molecule has 3 rings (SSSR count). The van der Waals surface area contributed by atoms with Crippen molar-refractivity contribution in [3.8, 4) is 5.69 Å². The van der Waals surface area contributed by atoms with Crippen molar-refractivity contribution in [3.05, 3.63) is 48.0 Å². The van der Waals surface area contributed by atoms with E-state index >= 15 is 0 Å². The number of hydrogen-bond donors (Lipinski definition) is 1. The molecule has 2 unspecified atom stereocenters. The van der Waals surface area contributed by atoms with Gasteiger partial charge in [-0.25, -0.2) is 9.07 Å². The number of carbonyl (C=O) groups excluding carboxylic acids is 1. The Morgan fingerprint density at radius 2 is 2.24 bits per heavy atom. The first-order valence-corrected chi connectivity index (χ1v) is 6.85. The van der Waals surface area contributed by atoms with Crippen LogP contribution in [0.1, 0.15) is 23.8 Å². The van der Waals surface area contributed by atoms with Gasteiger partial charge >= 0.3 is 0 Å². The highest BCUT2D eigenvalue weighted by Crippen LogP contribution is 2.20. The second-order valence-electron chi connectivity index (χ2n) is 5.32. The number of aliphatic hydroxyl groups excluding tert-OH is 1. The van der Waals surface area contributed by atoms with Crippen LogP contribution in [0, 0.1) is 5.82 Å². The minimum absolute atomic E-state index is 0.00757. The van der Waals surface area contributed by atoms with Crippen molar-refractivity contribution in [1.29, 1.82) is 0 Å². The van der Waals surface area contributed by atoms with Gasteiger partial charge in [0.2, 0.25) is 0 Å². The van der Waals surface area contributed by atoms with Gasteiger partial charge in [0.05, 0.1) is 11.8 Å². The highest BCUT2D eigenvalue weighted by molar-refractivity contribution is 5.92. The molecule has 0 saturated carbocycles. The zero-order valence-electron chi connectivity index (χ0n) is 11.6. The summed E-state index contributed by atoms with van der Waals surface area (Å²) in [6.45, 7) is 2.23. The molecule has 5 nitrogen and oxygen atoms in total. The van der Waals surface area contributed by atoms with E-state index in [0.29, 0.717) is 24.3 Å². The van der Waals surface area contributed by atoms with Crippen molar-refractivity contribution in [2.75, 3.05) is 6.54 Å². The summed E-state index contributed by atoms with van der Waals surface area (Å²) < 4.78 is 14.7. The van der Waals surface area contributed by atoms with E-state index in [0.717, 1.165) is 0 Å². The van der Waals surface area contributed by atoms with Crippen LogP contribution in [0.15, 0.2) is 36.5 Å². The van der Waals surface area contributed by atoms with E-state index in [1.54, 1.807) is 29.3 Å². The summed E-state index contributed by atoms with van der Waals surface area (Å²) in [6, 6.07) is 7.60. The molecule has 1 aliphatic rings. The number of hydrogen-bond acceptors (Lipinski definition) is 3. The van der Waals surface area contributed by atoms with Crippen molar-refractivity contribution < 1.29 is 14.3 Å². The lowest BCUT2D eigenvalue weighted by atomic mass is 10.2. The fourth-order valence-electron chi connectivity index (χ4n) is 2.63. The lowest BCUT2D eigenvalue weighted by Gasteiger charge is -2.19. The number of halogens is 1. The molecule has 21 heavy (non-hydrogen) atoms. The van der Waals surface area contributed by atoms with Gasteiger partial charge in [-0.1, -0.05) is 6.07 Å². The van der Waals surface area contributed by atoms with Crippen LogP contribution in [0.2, 0.25) is 0 Å². The Labute approximate surface area is 121 Å².